The first kappa shape index (κ1) is 33.2. The minimum Gasteiger partial charge on any atom is -0.504 e. The predicted octanol–water partition coefficient (Wildman–Crippen LogP) is 9.07. The van der Waals surface area contributed by atoms with Crippen LogP contribution in [0.1, 0.15) is 111 Å². The Morgan fingerprint density at radius 1 is 0.913 bits per heavy atom. The highest BCUT2D eigenvalue weighted by Gasteiger charge is 2.72. The third kappa shape index (κ3) is 4.62. The van der Waals surface area contributed by atoms with Gasteiger partial charge < -0.3 is 19.7 Å². The molecule has 5 aliphatic carbocycles. The second kappa shape index (κ2) is 11.2. The Morgan fingerprint density at radius 2 is 1.65 bits per heavy atom. The van der Waals surface area contributed by atoms with E-state index >= 15 is 0 Å². The van der Waals surface area contributed by atoms with Crippen LogP contribution in [-0.2, 0) is 14.3 Å². The summed E-state index contributed by atoms with van der Waals surface area (Å²) >= 11 is 0. The lowest BCUT2D eigenvalue weighted by molar-refractivity contribution is -0.250. The van der Waals surface area contributed by atoms with Gasteiger partial charge in [-0.25, -0.2) is 4.79 Å². The van der Waals surface area contributed by atoms with E-state index in [-0.39, 0.29) is 45.4 Å². The third-order valence-corrected chi connectivity index (χ3v) is 15.3. The Bertz CT molecular complexity index is 1440. The Morgan fingerprint density at radius 3 is 2.33 bits per heavy atom. The standard InChI is InChI=1S/C40H56O6/c1-24(2)26-15-20-40(35(43)44)22-21-38(6)27(34(26)40)11-13-31-37(5)18-17-32(36(3,4)30(37)16-19-39(31,38)7)46-33(42)14-10-25-9-12-28(41)29(23-25)45-8/h9-10,12,14,23,26-27,30-32,34,41H,1,11,13,15-22H2,2-8H3,(H,43,44)/b14-10-/t26-,27?,30?,31+,32-,34?,37-,38+,39+,40-/m0/s1. The lowest BCUT2D eigenvalue weighted by atomic mass is 9.32. The zero-order valence-corrected chi connectivity index (χ0v) is 29.2. The van der Waals surface area contributed by atoms with Crippen LogP contribution in [0, 0.1) is 56.7 Å². The second-order valence-corrected chi connectivity index (χ2v) is 17.2. The highest BCUT2D eigenvalue weighted by Crippen LogP contribution is 2.77. The first-order valence-corrected chi connectivity index (χ1v) is 17.7. The summed E-state index contributed by atoms with van der Waals surface area (Å²) < 4.78 is 11.4. The van der Waals surface area contributed by atoms with Gasteiger partial charge in [0.15, 0.2) is 11.5 Å². The van der Waals surface area contributed by atoms with Crippen LogP contribution in [0.2, 0.25) is 0 Å². The van der Waals surface area contributed by atoms with Crippen molar-refractivity contribution in [2.75, 3.05) is 7.11 Å². The lowest BCUT2D eigenvalue weighted by Gasteiger charge is -2.72. The molecule has 2 N–H and O–H groups in total. The molecule has 0 aliphatic heterocycles. The van der Waals surface area contributed by atoms with Crippen LogP contribution in [0.15, 0.2) is 36.4 Å². The molecule has 0 amide bonds. The number of aliphatic carboxylic acids is 1. The van der Waals surface area contributed by atoms with Crippen LogP contribution in [0.5, 0.6) is 11.5 Å². The van der Waals surface area contributed by atoms with Gasteiger partial charge in [0, 0.05) is 11.5 Å². The van der Waals surface area contributed by atoms with E-state index in [2.05, 4.69) is 48.1 Å². The number of aromatic hydroxyl groups is 1. The lowest BCUT2D eigenvalue weighted by Crippen LogP contribution is -2.67. The van der Waals surface area contributed by atoms with Gasteiger partial charge in [-0.1, -0.05) is 52.8 Å². The average molecular weight is 633 g/mol. The van der Waals surface area contributed by atoms with Gasteiger partial charge in [-0.05, 0) is 141 Å². The van der Waals surface area contributed by atoms with Crippen LogP contribution in [0.4, 0.5) is 0 Å². The van der Waals surface area contributed by atoms with Crippen molar-refractivity contribution in [3.05, 3.63) is 42.0 Å². The van der Waals surface area contributed by atoms with E-state index in [4.69, 9.17) is 9.47 Å². The van der Waals surface area contributed by atoms with E-state index < -0.39 is 11.4 Å². The van der Waals surface area contributed by atoms with E-state index in [0.29, 0.717) is 29.4 Å². The zero-order chi connectivity index (χ0) is 33.4. The molecule has 10 atom stereocenters. The summed E-state index contributed by atoms with van der Waals surface area (Å²) in [6, 6.07) is 5.00. The van der Waals surface area contributed by atoms with Crippen molar-refractivity contribution in [2.45, 2.75) is 112 Å². The maximum absolute atomic E-state index is 13.1. The van der Waals surface area contributed by atoms with Gasteiger partial charge in [-0.2, -0.15) is 0 Å². The molecule has 0 spiro atoms. The summed E-state index contributed by atoms with van der Waals surface area (Å²) in [5.41, 5.74) is 1.54. The summed E-state index contributed by atoms with van der Waals surface area (Å²) in [6.07, 6.45) is 13.0. The van der Waals surface area contributed by atoms with Gasteiger partial charge in [0.2, 0.25) is 0 Å². The number of phenolic OH excluding ortho intramolecular Hbond substituents is 1. The van der Waals surface area contributed by atoms with Gasteiger partial charge >= 0.3 is 11.9 Å². The van der Waals surface area contributed by atoms with Gasteiger partial charge in [0.05, 0.1) is 12.5 Å². The molecule has 5 aliphatic rings. The molecule has 5 fully saturated rings. The monoisotopic (exact) mass is 632 g/mol. The molecular weight excluding hydrogens is 576 g/mol. The Hall–Kier alpha value is -2.76. The highest BCUT2D eigenvalue weighted by molar-refractivity contribution is 5.87. The molecule has 0 aromatic heterocycles. The largest absolute Gasteiger partial charge is 0.504 e. The molecule has 0 heterocycles. The van der Waals surface area contributed by atoms with Gasteiger partial charge in [0.1, 0.15) is 6.10 Å². The second-order valence-electron chi connectivity index (χ2n) is 17.2. The Kier molecular flexibility index (Phi) is 8.04. The number of phenols is 1. The van der Waals surface area contributed by atoms with E-state index in [9.17, 15) is 19.8 Å². The van der Waals surface area contributed by atoms with Crippen LogP contribution in [-0.4, -0.2) is 35.4 Å². The van der Waals surface area contributed by atoms with E-state index in [1.54, 1.807) is 24.3 Å². The number of esters is 1. The molecule has 1 aromatic rings. The number of rotatable bonds is 6. The average Bonchev–Trinajstić information content (AvgIpc) is 3.40. The fourth-order valence-corrected chi connectivity index (χ4v) is 12.8. The number of fused-ring (bicyclic) bond motifs is 7. The van der Waals surface area contributed by atoms with Crippen LogP contribution in [0.3, 0.4) is 0 Å². The molecule has 46 heavy (non-hydrogen) atoms. The van der Waals surface area contributed by atoms with E-state index in [0.717, 1.165) is 69.8 Å². The number of benzene rings is 1. The molecule has 1 aromatic carbocycles. The number of carboxylic acids is 1. The molecule has 5 saturated carbocycles. The summed E-state index contributed by atoms with van der Waals surface area (Å²) in [4.78, 5) is 26.1. The fourth-order valence-electron chi connectivity index (χ4n) is 12.8. The van der Waals surface area contributed by atoms with Gasteiger partial charge in [-0.3, -0.25) is 4.79 Å². The zero-order valence-electron chi connectivity index (χ0n) is 29.2. The number of carboxylic acid groups (broad SMARTS) is 1. The van der Waals surface area contributed by atoms with Crippen molar-refractivity contribution < 1.29 is 29.3 Å². The summed E-state index contributed by atoms with van der Waals surface area (Å²) in [5.74, 6) is 1.42. The number of allylic oxidation sites excluding steroid dienone is 1. The SMILES string of the molecule is C=C(C)[C@@H]1CC[C@]2(C(=O)O)CC[C@]3(C)C(CC[C@@H]4[C@@]5(C)CC[C@H](OC(=O)/C=C\c6ccc(O)c(OC)c6)C(C)(C)C5CC[C@]43C)C12. The smallest absolute Gasteiger partial charge is 0.331 e. The van der Waals surface area contributed by atoms with Gasteiger partial charge in [-0.15, -0.1) is 0 Å². The van der Waals surface area contributed by atoms with Crippen LogP contribution in [0.25, 0.3) is 6.08 Å². The molecule has 0 saturated heterocycles. The third-order valence-electron chi connectivity index (χ3n) is 15.3. The highest BCUT2D eigenvalue weighted by atomic mass is 16.5. The molecular formula is C40H56O6. The van der Waals surface area contributed by atoms with E-state index in [1.807, 2.05) is 0 Å². The number of carbonyl (C=O) groups is 2. The molecule has 0 bridgehead atoms. The molecule has 6 rings (SSSR count). The van der Waals surface area contributed by atoms with Crippen molar-refractivity contribution in [1.82, 2.24) is 0 Å². The Balaban J connectivity index is 1.23. The minimum atomic E-state index is -0.592. The first-order chi connectivity index (χ1) is 21.5. The van der Waals surface area contributed by atoms with Crippen molar-refractivity contribution in [2.24, 2.45) is 56.7 Å². The fraction of sp³-hybridized carbons (Fsp3) is 0.700. The number of methoxy groups -OCH3 is 1. The maximum atomic E-state index is 13.1. The van der Waals surface area contributed by atoms with Crippen molar-refractivity contribution in [1.29, 1.82) is 0 Å². The van der Waals surface area contributed by atoms with Crippen LogP contribution >= 0.6 is 0 Å². The summed E-state index contributed by atoms with van der Waals surface area (Å²) in [5, 5.41) is 20.5. The number of carbonyl (C=O) groups excluding carboxylic acids is 1. The molecule has 6 nitrogen and oxygen atoms in total. The predicted molar refractivity (Wildman–Crippen MR) is 180 cm³/mol. The molecule has 3 unspecified atom stereocenters. The minimum absolute atomic E-state index is 0.0618. The number of ether oxygens (including phenoxy) is 2. The van der Waals surface area contributed by atoms with Crippen LogP contribution < -0.4 is 4.74 Å². The van der Waals surface area contributed by atoms with Crippen molar-refractivity contribution in [3.8, 4) is 11.5 Å². The Labute approximate surface area is 276 Å². The molecule has 6 heteroatoms. The normalized spacial score (nSPS) is 42.7. The summed E-state index contributed by atoms with van der Waals surface area (Å²) in [6.45, 7) is 18.8. The quantitative estimate of drug-likeness (QED) is 0.185. The van der Waals surface area contributed by atoms with Gasteiger partial charge in [0.25, 0.3) is 0 Å². The topological polar surface area (TPSA) is 93.1 Å². The van der Waals surface area contributed by atoms with E-state index in [1.165, 1.54) is 18.8 Å². The molecule has 252 valence electrons. The maximum Gasteiger partial charge on any atom is 0.331 e. The molecule has 0 radical (unpaired) electrons. The number of hydrogen-bond donors (Lipinski definition) is 2. The van der Waals surface area contributed by atoms with Crippen molar-refractivity contribution >= 4 is 18.0 Å². The summed E-state index contributed by atoms with van der Waals surface area (Å²) in [7, 11) is 1.50. The first-order valence-electron chi connectivity index (χ1n) is 17.7. The van der Waals surface area contributed by atoms with Crippen molar-refractivity contribution in [3.63, 3.8) is 0 Å². The number of hydrogen-bond acceptors (Lipinski definition) is 5.